The molecule has 12 nitrogen and oxygen atoms in total. The normalized spacial score (nSPS) is 11.0. The van der Waals surface area contributed by atoms with Gasteiger partial charge in [-0.2, -0.15) is 15.0 Å². The molecule has 0 fully saturated rings. The predicted molar refractivity (Wildman–Crippen MR) is 187 cm³/mol. The molecule has 3 aromatic heterocycles. The highest BCUT2D eigenvalue weighted by molar-refractivity contribution is 5.79. The van der Waals surface area contributed by atoms with Gasteiger partial charge in [-0.05, 0) is 100 Å². The molecule has 0 saturated carbocycles. The van der Waals surface area contributed by atoms with Crippen LogP contribution in [0, 0.1) is 0 Å². The highest BCUT2D eigenvalue weighted by Gasteiger charge is 2.20. The molecule has 0 unspecified atom stereocenters. The lowest BCUT2D eigenvalue weighted by molar-refractivity contribution is 0.414. The van der Waals surface area contributed by atoms with Crippen molar-refractivity contribution in [1.29, 1.82) is 0 Å². The lowest BCUT2D eigenvalue weighted by Crippen LogP contribution is -2.28. The van der Waals surface area contributed by atoms with E-state index in [2.05, 4.69) is 47.8 Å². The van der Waals surface area contributed by atoms with Crippen LogP contribution in [0.5, 0.6) is 11.5 Å². The lowest BCUT2D eigenvalue weighted by atomic mass is 10.1. The van der Waals surface area contributed by atoms with Gasteiger partial charge in [-0.3, -0.25) is 0 Å². The van der Waals surface area contributed by atoms with Crippen LogP contribution in [0.3, 0.4) is 0 Å². The molecule has 0 aliphatic rings. The third kappa shape index (κ3) is 6.55. The van der Waals surface area contributed by atoms with E-state index in [0.717, 1.165) is 65.7 Å². The largest absolute Gasteiger partial charge is 0.497 e. The Morgan fingerprint density at radius 2 is 1.15 bits per heavy atom. The number of aromatic nitrogens is 7. The number of anilines is 2. The van der Waals surface area contributed by atoms with Crippen LogP contribution in [0.2, 0.25) is 0 Å². The van der Waals surface area contributed by atoms with E-state index in [4.69, 9.17) is 33.8 Å². The monoisotopic (exact) mass is 645 g/mol. The predicted octanol–water partition coefficient (Wildman–Crippen LogP) is 6.82. The molecule has 0 N–H and O–H groups in total. The molecule has 0 amide bonds. The van der Waals surface area contributed by atoms with E-state index in [1.165, 1.54) is 0 Å². The van der Waals surface area contributed by atoms with Gasteiger partial charge in [0.1, 0.15) is 17.2 Å². The van der Waals surface area contributed by atoms with Crippen LogP contribution >= 0.6 is 0 Å². The molecule has 12 heteroatoms. The van der Waals surface area contributed by atoms with Gasteiger partial charge >= 0.3 is 0 Å². The van der Waals surface area contributed by atoms with E-state index < -0.39 is 0 Å². The number of ether oxygens (including phenoxy) is 2. The van der Waals surface area contributed by atoms with Gasteiger partial charge < -0.3 is 23.7 Å². The molecule has 3 aromatic carbocycles. The molecule has 6 aromatic rings. The van der Waals surface area contributed by atoms with Crippen molar-refractivity contribution in [1.82, 2.24) is 34.9 Å². The quantitative estimate of drug-likeness (QED) is 0.132. The molecular formula is C36H39N9O3. The Labute approximate surface area is 280 Å². The van der Waals surface area contributed by atoms with Crippen molar-refractivity contribution < 1.29 is 13.9 Å². The maximum Gasteiger partial charge on any atom is 0.230 e. The Kier molecular flexibility index (Phi) is 9.60. The van der Waals surface area contributed by atoms with E-state index in [0.29, 0.717) is 35.1 Å². The molecular weight excluding hydrogens is 606 g/mol. The first-order valence-corrected chi connectivity index (χ1v) is 16.1. The number of oxazole rings is 1. The molecule has 0 aliphatic carbocycles. The summed E-state index contributed by atoms with van der Waals surface area (Å²) in [7, 11) is 3.29. The lowest BCUT2D eigenvalue weighted by Gasteiger charge is -2.23. The summed E-state index contributed by atoms with van der Waals surface area (Å²) in [6, 6.07) is 23.3. The summed E-state index contributed by atoms with van der Waals surface area (Å²) in [6.07, 6.45) is 1.83. The standard InChI is InChI=1S/C36H39N9O3/c1-7-43(8-2)35-38-33(39-36(40-35)44(9-3)10-4)30-23-45(42-41-30)27-17-11-26(12-18-27)34-37-31(24-13-19-28(46-5)20-14-24)32(48-34)25-15-21-29(47-6)22-16-25/h11-23H,7-10H2,1-6H3. The van der Waals surface area contributed by atoms with Gasteiger partial charge in [-0.25, -0.2) is 9.67 Å². The van der Waals surface area contributed by atoms with Crippen LogP contribution < -0.4 is 19.3 Å². The fourth-order valence-corrected chi connectivity index (χ4v) is 5.34. The second kappa shape index (κ2) is 14.3. The number of hydrogen-bond donors (Lipinski definition) is 0. The summed E-state index contributed by atoms with van der Waals surface area (Å²) in [5.41, 5.74) is 4.72. The Bertz CT molecular complexity index is 1850. The van der Waals surface area contributed by atoms with Crippen molar-refractivity contribution in [3.05, 3.63) is 79.0 Å². The number of hydrogen-bond acceptors (Lipinski definition) is 11. The zero-order valence-corrected chi connectivity index (χ0v) is 28.1. The highest BCUT2D eigenvalue weighted by Crippen LogP contribution is 2.37. The Hall–Kier alpha value is -5.78. The minimum Gasteiger partial charge on any atom is -0.497 e. The zero-order chi connectivity index (χ0) is 33.6. The van der Waals surface area contributed by atoms with Gasteiger partial charge in [-0.1, -0.05) is 5.21 Å². The van der Waals surface area contributed by atoms with E-state index in [-0.39, 0.29) is 0 Å². The van der Waals surface area contributed by atoms with E-state index >= 15 is 0 Å². The summed E-state index contributed by atoms with van der Waals surface area (Å²) >= 11 is 0. The molecule has 6 rings (SSSR count). The first-order valence-electron chi connectivity index (χ1n) is 16.1. The van der Waals surface area contributed by atoms with Crippen molar-refractivity contribution in [3.63, 3.8) is 0 Å². The van der Waals surface area contributed by atoms with Crippen LogP contribution in [-0.2, 0) is 0 Å². The number of methoxy groups -OCH3 is 2. The Morgan fingerprint density at radius 3 is 1.67 bits per heavy atom. The second-order valence-corrected chi connectivity index (χ2v) is 10.9. The maximum atomic E-state index is 6.43. The molecule has 246 valence electrons. The average Bonchev–Trinajstić information content (AvgIpc) is 3.82. The third-order valence-corrected chi connectivity index (χ3v) is 8.15. The molecule has 0 aliphatic heterocycles. The molecule has 0 atom stereocenters. The molecule has 0 bridgehead atoms. The summed E-state index contributed by atoms with van der Waals surface area (Å²) in [5, 5.41) is 8.83. The summed E-state index contributed by atoms with van der Waals surface area (Å²) < 4.78 is 18.9. The topological polar surface area (TPSA) is 120 Å². The minimum atomic E-state index is 0.480. The average molecular weight is 646 g/mol. The van der Waals surface area contributed by atoms with Gasteiger partial charge in [0.15, 0.2) is 17.3 Å². The van der Waals surface area contributed by atoms with Crippen LogP contribution in [0.4, 0.5) is 11.9 Å². The first-order chi connectivity index (χ1) is 23.5. The Balaban J connectivity index is 1.32. The van der Waals surface area contributed by atoms with Crippen LogP contribution in [0.25, 0.3) is 51.2 Å². The van der Waals surface area contributed by atoms with Crippen molar-refractivity contribution in [2.45, 2.75) is 27.7 Å². The fourth-order valence-electron chi connectivity index (χ4n) is 5.34. The highest BCUT2D eigenvalue weighted by atomic mass is 16.5. The Morgan fingerprint density at radius 1 is 0.625 bits per heavy atom. The number of rotatable bonds is 13. The summed E-state index contributed by atoms with van der Waals surface area (Å²) in [6.45, 7) is 11.5. The van der Waals surface area contributed by atoms with E-state index in [1.807, 2.05) is 79.0 Å². The number of benzene rings is 3. The number of nitrogens with zero attached hydrogens (tertiary/aromatic N) is 9. The van der Waals surface area contributed by atoms with Crippen LogP contribution in [0.15, 0.2) is 83.4 Å². The fraction of sp³-hybridized carbons (Fsp3) is 0.278. The SMILES string of the molecule is CCN(CC)c1nc(-c2cn(-c3ccc(-c4nc(-c5ccc(OC)cc5)c(-c5ccc(OC)cc5)o4)cc3)nn2)nc(N(CC)CC)n1. The van der Waals surface area contributed by atoms with Crippen LogP contribution in [0.1, 0.15) is 27.7 Å². The van der Waals surface area contributed by atoms with Crippen molar-refractivity contribution >= 4 is 11.9 Å². The smallest absolute Gasteiger partial charge is 0.230 e. The van der Waals surface area contributed by atoms with Gasteiger partial charge in [-0.15, -0.1) is 5.10 Å². The second-order valence-electron chi connectivity index (χ2n) is 10.9. The van der Waals surface area contributed by atoms with Crippen LogP contribution in [-0.4, -0.2) is 75.3 Å². The van der Waals surface area contributed by atoms with Crippen molar-refractivity contribution in [3.8, 4) is 62.7 Å². The van der Waals surface area contributed by atoms with Crippen molar-refractivity contribution in [2.75, 3.05) is 50.2 Å². The molecule has 48 heavy (non-hydrogen) atoms. The molecule has 0 radical (unpaired) electrons. The maximum absolute atomic E-state index is 6.43. The van der Waals surface area contributed by atoms with E-state index in [9.17, 15) is 0 Å². The molecule has 0 saturated heterocycles. The van der Waals surface area contributed by atoms with Gasteiger partial charge in [0, 0.05) is 42.9 Å². The molecule has 3 heterocycles. The van der Waals surface area contributed by atoms with Crippen molar-refractivity contribution in [2.24, 2.45) is 0 Å². The van der Waals surface area contributed by atoms with Gasteiger partial charge in [0.25, 0.3) is 0 Å². The van der Waals surface area contributed by atoms with Gasteiger partial charge in [0.2, 0.25) is 17.8 Å². The third-order valence-electron chi connectivity index (χ3n) is 8.15. The summed E-state index contributed by atoms with van der Waals surface area (Å²) in [4.78, 5) is 23.4. The minimum absolute atomic E-state index is 0.480. The molecule has 0 spiro atoms. The van der Waals surface area contributed by atoms with Gasteiger partial charge in [0.05, 0.1) is 26.1 Å². The summed E-state index contributed by atoms with van der Waals surface area (Å²) in [5.74, 6) is 4.42. The zero-order valence-electron chi connectivity index (χ0n) is 28.1. The first kappa shape index (κ1) is 32.2. The van der Waals surface area contributed by atoms with E-state index in [1.54, 1.807) is 18.9 Å².